The number of hydrogen-bond donors (Lipinski definition) is 0. The molecule has 3 aromatic carbocycles. The Bertz CT molecular complexity index is 1090. The summed E-state index contributed by atoms with van der Waals surface area (Å²) in [5.41, 5.74) is 1.55. The first kappa shape index (κ1) is 20.2. The minimum absolute atomic E-state index is 0.0178. The van der Waals surface area contributed by atoms with Crippen LogP contribution in [0, 0.1) is 12.7 Å². The Kier molecular flexibility index (Phi) is 5.91. The second kappa shape index (κ2) is 8.20. The predicted molar refractivity (Wildman–Crippen MR) is 109 cm³/mol. The molecule has 0 bridgehead atoms. The van der Waals surface area contributed by atoms with Crippen molar-refractivity contribution in [2.75, 3.05) is 11.4 Å². The summed E-state index contributed by atoms with van der Waals surface area (Å²) in [6.07, 6.45) is 0. The van der Waals surface area contributed by atoms with E-state index in [2.05, 4.69) is 0 Å². The quantitative estimate of drug-likeness (QED) is 0.552. The van der Waals surface area contributed by atoms with Gasteiger partial charge >= 0.3 is 0 Å². The summed E-state index contributed by atoms with van der Waals surface area (Å²) in [7, 11) is -2.52. The minimum Gasteiger partial charge on any atom is -0.496 e. The molecule has 0 aliphatic carbocycles. The first-order valence-electron chi connectivity index (χ1n) is 8.49. The van der Waals surface area contributed by atoms with Gasteiger partial charge in [0.15, 0.2) is 0 Å². The van der Waals surface area contributed by atoms with E-state index in [1.165, 1.54) is 23.5 Å². The molecule has 0 unspecified atom stereocenters. The zero-order valence-corrected chi connectivity index (χ0v) is 17.0. The van der Waals surface area contributed by atoms with Gasteiger partial charge in [0.2, 0.25) is 0 Å². The Balaban J connectivity index is 2.15. The van der Waals surface area contributed by atoms with Crippen LogP contribution in [0.15, 0.2) is 71.6 Å². The molecule has 0 spiro atoms. The van der Waals surface area contributed by atoms with E-state index in [4.69, 9.17) is 16.3 Å². The van der Waals surface area contributed by atoms with E-state index < -0.39 is 15.8 Å². The van der Waals surface area contributed by atoms with E-state index in [9.17, 15) is 12.8 Å². The van der Waals surface area contributed by atoms with E-state index in [-0.39, 0.29) is 11.4 Å². The molecule has 3 aromatic rings. The first-order valence-corrected chi connectivity index (χ1v) is 10.3. The van der Waals surface area contributed by atoms with Crippen LogP contribution in [0.1, 0.15) is 11.1 Å². The number of rotatable bonds is 6. The van der Waals surface area contributed by atoms with E-state index in [1.807, 2.05) is 0 Å². The summed E-state index contributed by atoms with van der Waals surface area (Å²) >= 11 is 5.96. The number of sulfonamides is 1. The normalized spacial score (nSPS) is 11.3. The lowest BCUT2D eigenvalue weighted by Gasteiger charge is -2.26. The van der Waals surface area contributed by atoms with Crippen LogP contribution < -0.4 is 9.04 Å². The van der Waals surface area contributed by atoms with Crippen molar-refractivity contribution in [2.45, 2.75) is 18.4 Å². The van der Waals surface area contributed by atoms with Gasteiger partial charge < -0.3 is 4.74 Å². The number of para-hydroxylation sites is 1. The maximum absolute atomic E-state index is 13.8. The molecular weight excluding hydrogens is 401 g/mol. The highest BCUT2D eigenvalue weighted by atomic mass is 35.5. The van der Waals surface area contributed by atoms with E-state index in [1.54, 1.807) is 55.5 Å². The molecular formula is C21H19ClFNO3S. The second-order valence-electron chi connectivity index (χ2n) is 6.21. The van der Waals surface area contributed by atoms with Gasteiger partial charge in [-0.3, -0.25) is 4.31 Å². The van der Waals surface area contributed by atoms with Crippen molar-refractivity contribution in [1.82, 2.24) is 0 Å². The summed E-state index contributed by atoms with van der Waals surface area (Å²) < 4.78 is 47.4. The van der Waals surface area contributed by atoms with Crippen LogP contribution >= 0.6 is 11.6 Å². The third kappa shape index (κ3) is 4.13. The van der Waals surface area contributed by atoms with Crippen molar-refractivity contribution in [3.63, 3.8) is 0 Å². The lowest BCUT2D eigenvalue weighted by atomic mass is 10.2. The predicted octanol–water partition coefficient (Wildman–Crippen LogP) is 5.19. The number of halogens is 2. The number of hydrogen-bond acceptors (Lipinski definition) is 3. The van der Waals surface area contributed by atoms with Gasteiger partial charge in [-0.25, -0.2) is 12.8 Å². The van der Waals surface area contributed by atoms with Crippen molar-refractivity contribution in [3.05, 3.63) is 88.7 Å². The van der Waals surface area contributed by atoms with Gasteiger partial charge in [0.05, 0.1) is 24.2 Å². The number of benzene rings is 3. The molecule has 0 aliphatic heterocycles. The van der Waals surface area contributed by atoms with E-state index in [0.717, 1.165) is 6.07 Å². The second-order valence-corrected chi connectivity index (χ2v) is 8.48. The molecule has 0 fully saturated rings. The number of aryl methyl sites for hydroxylation is 1. The average Bonchev–Trinajstić information content (AvgIpc) is 2.69. The van der Waals surface area contributed by atoms with Gasteiger partial charge in [-0.15, -0.1) is 0 Å². The van der Waals surface area contributed by atoms with Gasteiger partial charge in [0.1, 0.15) is 11.6 Å². The molecule has 0 saturated carbocycles. The fourth-order valence-corrected chi connectivity index (χ4v) is 4.69. The molecule has 0 atom stereocenters. The maximum atomic E-state index is 13.8. The number of anilines is 1. The zero-order chi connectivity index (χ0) is 20.3. The lowest BCUT2D eigenvalue weighted by Crippen LogP contribution is -2.31. The van der Waals surface area contributed by atoms with Crippen LogP contribution in [0.2, 0.25) is 5.02 Å². The van der Waals surface area contributed by atoms with Gasteiger partial charge in [0, 0.05) is 10.6 Å². The van der Waals surface area contributed by atoms with Crippen LogP contribution in [0.4, 0.5) is 10.1 Å². The Morgan fingerprint density at radius 1 is 1.04 bits per heavy atom. The highest BCUT2D eigenvalue weighted by Gasteiger charge is 2.28. The molecule has 4 nitrogen and oxygen atoms in total. The minimum atomic E-state index is -4.05. The highest BCUT2D eigenvalue weighted by molar-refractivity contribution is 7.92. The zero-order valence-electron chi connectivity index (χ0n) is 15.4. The summed E-state index contributed by atoms with van der Waals surface area (Å²) in [4.78, 5) is -0.0858. The number of ether oxygens (including phenoxy) is 1. The van der Waals surface area contributed by atoms with Crippen LogP contribution in [0.3, 0.4) is 0 Å². The summed E-state index contributed by atoms with van der Waals surface area (Å²) in [6, 6.07) is 17.3. The van der Waals surface area contributed by atoms with E-state index >= 15 is 0 Å². The molecule has 0 aliphatic rings. The molecule has 0 saturated heterocycles. The largest absolute Gasteiger partial charge is 0.496 e. The first-order chi connectivity index (χ1) is 13.3. The Morgan fingerprint density at radius 2 is 1.71 bits per heavy atom. The summed E-state index contributed by atoms with van der Waals surface area (Å²) in [5, 5.41) is 0.486. The summed E-state index contributed by atoms with van der Waals surface area (Å²) in [6.45, 7) is 1.65. The van der Waals surface area contributed by atoms with Crippen molar-refractivity contribution in [3.8, 4) is 5.75 Å². The molecule has 3 rings (SSSR count). The highest BCUT2D eigenvalue weighted by Crippen LogP contribution is 2.31. The van der Waals surface area contributed by atoms with Crippen LogP contribution in [-0.4, -0.2) is 15.5 Å². The smallest absolute Gasteiger partial charge is 0.264 e. The average molecular weight is 420 g/mol. The third-order valence-electron chi connectivity index (χ3n) is 4.34. The van der Waals surface area contributed by atoms with Crippen LogP contribution in [-0.2, 0) is 16.6 Å². The molecule has 28 heavy (non-hydrogen) atoms. The Morgan fingerprint density at radius 3 is 2.39 bits per heavy atom. The molecule has 0 aromatic heterocycles. The maximum Gasteiger partial charge on any atom is 0.264 e. The molecule has 0 radical (unpaired) electrons. The van der Waals surface area contributed by atoms with E-state index in [0.29, 0.717) is 27.6 Å². The standard InChI is InChI=1S/C21H19ClFNO3S/c1-15-7-10-18(23)13-21(15)28(25,26)24(19-11-8-17(22)9-12-19)14-16-5-3-4-6-20(16)27-2/h3-13H,14H2,1-2H3. The number of nitrogens with zero attached hydrogens (tertiary/aromatic N) is 1. The van der Waals surface area contributed by atoms with Gasteiger partial charge in [-0.05, 0) is 55.0 Å². The lowest BCUT2D eigenvalue weighted by molar-refractivity contribution is 0.410. The Hall–Kier alpha value is -2.57. The SMILES string of the molecule is COc1ccccc1CN(c1ccc(Cl)cc1)S(=O)(=O)c1cc(F)ccc1C. The van der Waals surface area contributed by atoms with Crippen LogP contribution in [0.5, 0.6) is 5.75 Å². The fourth-order valence-electron chi connectivity index (χ4n) is 2.88. The van der Waals surface area contributed by atoms with Crippen molar-refractivity contribution >= 4 is 27.3 Å². The molecule has 0 N–H and O–H groups in total. The summed E-state index contributed by atoms with van der Waals surface area (Å²) in [5.74, 6) is -0.0508. The van der Waals surface area contributed by atoms with Gasteiger partial charge in [0.25, 0.3) is 10.0 Å². The molecule has 0 amide bonds. The number of methoxy groups -OCH3 is 1. The van der Waals surface area contributed by atoms with Crippen molar-refractivity contribution in [2.24, 2.45) is 0 Å². The van der Waals surface area contributed by atoms with Crippen molar-refractivity contribution in [1.29, 1.82) is 0 Å². The monoisotopic (exact) mass is 419 g/mol. The fraction of sp³-hybridized carbons (Fsp3) is 0.143. The molecule has 0 heterocycles. The molecule has 7 heteroatoms. The molecule has 146 valence electrons. The third-order valence-corrected chi connectivity index (χ3v) is 6.51. The van der Waals surface area contributed by atoms with Crippen molar-refractivity contribution < 1.29 is 17.5 Å². The van der Waals surface area contributed by atoms with Gasteiger partial charge in [-0.1, -0.05) is 35.9 Å². The van der Waals surface area contributed by atoms with Crippen LogP contribution in [0.25, 0.3) is 0 Å². The topological polar surface area (TPSA) is 46.6 Å². The Labute approximate surface area is 169 Å². The van der Waals surface area contributed by atoms with Gasteiger partial charge in [-0.2, -0.15) is 0 Å².